The zero-order valence-electron chi connectivity index (χ0n) is 11.4. The minimum absolute atomic E-state index is 0.557. The first kappa shape index (κ1) is 12.6. The molecular weight excluding hydrogens is 256 g/mol. The Balaban J connectivity index is 1.76. The summed E-state index contributed by atoms with van der Waals surface area (Å²) in [5.74, 6) is 0.557. The summed E-state index contributed by atoms with van der Waals surface area (Å²) in [5.41, 5.74) is 2.83. The van der Waals surface area contributed by atoms with Gasteiger partial charge in [0.15, 0.2) is 5.65 Å². The number of fused-ring (bicyclic) bond motifs is 1. The van der Waals surface area contributed by atoms with E-state index in [0.29, 0.717) is 12.6 Å². The lowest BCUT2D eigenvalue weighted by Gasteiger charge is -1.98. The van der Waals surface area contributed by atoms with Gasteiger partial charge in [0.05, 0.1) is 25.0 Å². The van der Waals surface area contributed by atoms with E-state index in [1.165, 1.54) is 0 Å². The van der Waals surface area contributed by atoms with Crippen molar-refractivity contribution < 1.29 is 4.74 Å². The van der Waals surface area contributed by atoms with Crippen molar-refractivity contribution in [1.82, 2.24) is 24.4 Å². The van der Waals surface area contributed by atoms with Crippen LogP contribution in [0.25, 0.3) is 5.65 Å². The molecule has 0 aliphatic rings. The van der Waals surface area contributed by atoms with Crippen LogP contribution in [0.15, 0.2) is 30.7 Å². The molecule has 0 saturated carbocycles. The Morgan fingerprint density at radius 3 is 3.15 bits per heavy atom. The van der Waals surface area contributed by atoms with E-state index < -0.39 is 0 Å². The smallest absolute Gasteiger partial charge is 0.247 e. The molecular formula is C13H16N6O. The van der Waals surface area contributed by atoms with Crippen LogP contribution >= 0.6 is 0 Å². The molecule has 0 saturated heterocycles. The lowest BCUT2D eigenvalue weighted by atomic mass is 10.3. The summed E-state index contributed by atoms with van der Waals surface area (Å²) >= 11 is 0. The maximum Gasteiger partial charge on any atom is 0.247 e. The van der Waals surface area contributed by atoms with E-state index in [-0.39, 0.29) is 0 Å². The standard InChI is InChI=1S/C13H16N6O/c1-10-3-4-19-12(7-10)16-13(17-19)15-11-8-14-18(9-11)5-6-20-2/h3-4,7-9H,5-6H2,1-2H3,(H,15,17). The van der Waals surface area contributed by atoms with Gasteiger partial charge in [-0.2, -0.15) is 10.1 Å². The van der Waals surface area contributed by atoms with E-state index in [9.17, 15) is 0 Å². The minimum atomic E-state index is 0.557. The Morgan fingerprint density at radius 2 is 2.30 bits per heavy atom. The molecule has 104 valence electrons. The van der Waals surface area contributed by atoms with Gasteiger partial charge in [0.25, 0.3) is 0 Å². The average Bonchev–Trinajstić information content (AvgIpc) is 3.02. The minimum Gasteiger partial charge on any atom is -0.383 e. The van der Waals surface area contributed by atoms with Crippen molar-refractivity contribution in [3.05, 3.63) is 36.3 Å². The number of aryl methyl sites for hydroxylation is 1. The number of nitrogens with one attached hydrogen (secondary N) is 1. The van der Waals surface area contributed by atoms with Crippen LogP contribution in [0, 0.1) is 6.92 Å². The van der Waals surface area contributed by atoms with Crippen LogP contribution in [0.1, 0.15) is 5.56 Å². The third kappa shape index (κ3) is 2.62. The summed E-state index contributed by atoms with van der Waals surface area (Å²) in [7, 11) is 1.67. The fraction of sp³-hybridized carbons (Fsp3) is 0.308. The summed E-state index contributed by atoms with van der Waals surface area (Å²) in [5, 5.41) is 11.7. The molecule has 0 aromatic carbocycles. The van der Waals surface area contributed by atoms with Crippen molar-refractivity contribution >= 4 is 17.3 Å². The summed E-state index contributed by atoms with van der Waals surface area (Å²) in [6, 6.07) is 3.98. The van der Waals surface area contributed by atoms with Crippen molar-refractivity contribution in [2.24, 2.45) is 0 Å². The molecule has 0 aliphatic carbocycles. The largest absolute Gasteiger partial charge is 0.383 e. The number of methoxy groups -OCH3 is 1. The second-order valence-electron chi connectivity index (χ2n) is 4.55. The van der Waals surface area contributed by atoms with Crippen LogP contribution in [0.4, 0.5) is 11.6 Å². The van der Waals surface area contributed by atoms with Gasteiger partial charge in [-0.3, -0.25) is 4.68 Å². The maximum atomic E-state index is 5.02. The van der Waals surface area contributed by atoms with Crippen molar-refractivity contribution in [3.63, 3.8) is 0 Å². The molecule has 0 amide bonds. The zero-order valence-corrected chi connectivity index (χ0v) is 11.4. The molecule has 0 spiro atoms. The number of aromatic nitrogens is 5. The number of hydrogen-bond donors (Lipinski definition) is 1. The number of nitrogens with zero attached hydrogens (tertiary/aromatic N) is 5. The first-order valence-corrected chi connectivity index (χ1v) is 6.36. The third-order valence-electron chi connectivity index (χ3n) is 2.91. The molecule has 7 nitrogen and oxygen atoms in total. The number of anilines is 2. The van der Waals surface area contributed by atoms with Gasteiger partial charge in [0.1, 0.15) is 0 Å². The zero-order chi connectivity index (χ0) is 13.9. The monoisotopic (exact) mass is 272 g/mol. The highest BCUT2D eigenvalue weighted by atomic mass is 16.5. The normalized spacial score (nSPS) is 11.1. The Kier molecular flexibility index (Phi) is 3.34. The predicted octanol–water partition coefficient (Wildman–Crippen LogP) is 1.62. The van der Waals surface area contributed by atoms with E-state index in [0.717, 1.165) is 23.4 Å². The van der Waals surface area contributed by atoms with Gasteiger partial charge < -0.3 is 10.1 Å². The molecule has 0 unspecified atom stereocenters. The number of hydrogen-bond acceptors (Lipinski definition) is 5. The third-order valence-corrected chi connectivity index (χ3v) is 2.91. The van der Waals surface area contributed by atoms with Crippen LogP contribution in [0.2, 0.25) is 0 Å². The molecule has 0 fully saturated rings. The molecule has 0 bridgehead atoms. The van der Waals surface area contributed by atoms with Gasteiger partial charge in [-0.25, -0.2) is 4.52 Å². The number of rotatable bonds is 5. The van der Waals surface area contributed by atoms with E-state index in [2.05, 4.69) is 20.5 Å². The lowest BCUT2D eigenvalue weighted by molar-refractivity contribution is 0.183. The average molecular weight is 272 g/mol. The molecule has 3 aromatic rings. The van der Waals surface area contributed by atoms with Crippen LogP contribution in [0.3, 0.4) is 0 Å². The summed E-state index contributed by atoms with van der Waals surface area (Å²) in [6.07, 6.45) is 5.54. The van der Waals surface area contributed by atoms with E-state index in [1.807, 2.05) is 36.1 Å². The first-order valence-electron chi connectivity index (χ1n) is 6.36. The topological polar surface area (TPSA) is 69.3 Å². The fourth-order valence-electron chi connectivity index (χ4n) is 1.90. The maximum absolute atomic E-state index is 5.02. The Morgan fingerprint density at radius 1 is 1.40 bits per heavy atom. The van der Waals surface area contributed by atoms with Crippen LogP contribution in [-0.4, -0.2) is 38.1 Å². The van der Waals surface area contributed by atoms with Gasteiger partial charge >= 0.3 is 0 Å². The van der Waals surface area contributed by atoms with Gasteiger partial charge in [-0.05, 0) is 24.6 Å². The van der Waals surface area contributed by atoms with Crippen molar-refractivity contribution in [1.29, 1.82) is 0 Å². The van der Waals surface area contributed by atoms with Crippen molar-refractivity contribution in [2.45, 2.75) is 13.5 Å². The van der Waals surface area contributed by atoms with Gasteiger partial charge in [0, 0.05) is 19.5 Å². The summed E-state index contributed by atoms with van der Waals surface area (Å²) < 4.78 is 8.57. The molecule has 0 aliphatic heterocycles. The van der Waals surface area contributed by atoms with Crippen molar-refractivity contribution in [2.75, 3.05) is 19.0 Å². The van der Waals surface area contributed by atoms with E-state index >= 15 is 0 Å². The van der Waals surface area contributed by atoms with Gasteiger partial charge in [0.2, 0.25) is 5.95 Å². The summed E-state index contributed by atoms with van der Waals surface area (Å²) in [4.78, 5) is 4.42. The first-order chi connectivity index (χ1) is 9.74. The van der Waals surface area contributed by atoms with Crippen LogP contribution < -0.4 is 5.32 Å². The summed E-state index contributed by atoms with van der Waals surface area (Å²) in [6.45, 7) is 3.38. The second-order valence-corrected chi connectivity index (χ2v) is 4.55. The molecule has 1 N–H and O–H groups in total. The SMILES string of the molecule is COCCn1cc(Nc2nc3cc(C)ccn3n2)cn1. The fourth-order valence-corrected chi connectivity index (χ4v) is 1.90. The second kappa shape index (κ2) is 5.30. The van der Waals surface area contributed by atoms with Crippen LogP contribution in [0.5, 0.6) is 0 Å². The van der Waals surface area contributed by atoms with Crippen LogP contribution in [-0.2, 0) is 11.3 Å². The lowest BCUT2D eigenvalue weighted by Crippen LogP contribution is -2.03. The quantitative estimate of drug-likeness (QED) is 0.764. The number of pyridine rings is 1. The van der Waals surface area contributed by atoms with E-state index in [1.54, 1.807) is 17.8 Å². The van der Waals surface area contributed by atoms with Gasteiger partial charge in [-0.15, -0.1) is 5.10 Å². The molecule has 20 heavy (non-hydrogen) atoms. The highest BCUT2D eigenvalue weighted by Crippen LogP contribution is 2.13. The van der Waals surface area contributed by atoms with Gasteiger partial charge in [-0.1, -0.05) is 0 Å². The molecule has 7 heteroatoms. The highest BCUT2D eigenvalue weighted by Gasteiger charge is 2.05. The predicted molar refractivity (Wildman–Crippen MR) is 75.1 cm³/mol. The molecule has 3 aromatic heterocycles. The molecule has 0 radical (unpaired) electrons. The van der Waals surface area contributed by atoms with Crippen molar-refractivity contribution in [3.8, 4) is 0 Å². The Hall–Kier alpha value is -2.41. The molecule has 0 atom stereocenters. The molecule has 3 heterocycles. The number of ether oxygens (including phenoxy) is 1. The molecule has 3 rings (SSSR count). The van der Waals surface area contributed by atoms with E-state index in [4.69, 9.17) is 4.74 Å². The Bertz CT molecular complexity index is 717. The Labute approximate surface area is 116 Å². The highest BCUT2D eigenvalue weighted by molar-refractivity contribution is 5.54.